The van der Waals surface area contributed by atoms with Crippen LogP contribution in [0.1, 0.15) is 11.5 Å². The lowest BCUT2D eigenvalue weighted by Crippen LogP contribution is -2.45. The molecule has 0 atom stereocenters. The zero-order chi connectivity index (χ0) is 21.5. The Labute approximate surface area is 184 Å². The van der Waals surface area contributed by atoms with Crippen LogP contribution in [-0.4, -0.2) is 45.3 Å². The van der Waals surface area contributed by atoms with Gasteiger partial charge in [-0.25, -0.2) is 4.39 Å². The number of rotatable bonds is 5. The monoisotopic (exact) mass is 436 g/mol. The molecule has 0 amide bonds. The van der Waals surface area contributed by atoms with E-state index in [2.05, 4.69) is 26.7 Å². The smallest absolute Gasteiger partial charge is 0.255 e. The highest BCUT2D eigenvalue weighted by Gasteiger charge is 2.29. The van der Waals surface area contributed by atoms with Gasteiger partial charge in [0, 0.05) is 68.2 Å². The lowest BCUT2D eigenvalue weighted by Gasteiger charge is -2.38. The van der Waals surface area contributed by atoms with Crippen LogP contribution >= 0.6 is 11.6 Å². The molecule has 0 N–H and O–H groups in total. The van der Waals surface area contributed by atoms with Crippen molar-refractivity contribution in [1.82, 2.24) is 19.0 Å². The fourth-order valence-corrected chi connectivity index (χ4v) is 4.46. The van der Waals surface area contributed by atoms with Gasteiger partial charge >= 0.3 is 0 Å². The van der Waals surface area contributed by atoms with E-state index in [0.717, 1.165) is 29.9 Å². The summed E-state index contributed by atoms with van der Waals surface area (Å²) in [5.74, 6) is 0.426. The molecule has 0 bridgehead atoms. The lowest BCUT2D eigenvalue weighted by molar-refractivity contribution is 0.138. The van der Waals surface area contributed by atoms with Crippen molar-refractivity contribution in [2.75, 3.05) is 26.3 Å². The fraction of sp³-hybridized carbons (Fsp3) is 0.250. The highest BCUT2D eigenvalue weighted by atomic mass is 35.5. The van der Waals surface area contributed by atoms with Gasteiger partial charge in [-0.1, -0.05) is 17.7 Å². The number of aromatic nitrogens is 3. The second-order valence-electron chi connectivity index (χ2n) is 8.03. The summed E-state index contributed by atoms with van der Waals surface area (Å²) < 4.78 is 16.3. The first-order valence-corrected chi connectivity index (χ1v) is 10.6. The molecule has 1 aliphatic heterocycles. The average Bonchev–Trinajstić information content (AvgIpc) is 3.06. The first-order valence-electron chi connectivity index (χ1n) is 10.3. The van der Waals surface area contributed by atoms with Crippen LogP contribution in [0.15, 0.2) is 65.8 Å². The number of aryl methyl sites for hydroxylation is 1. The van der Waals surface area contributed by atoms with Crippen LogP contribution in [0.3, 0.4) is 0 Å². The summed E-state index contributed by atoms with van der Waals surface area (Å²) in [4.78, 5) is 19.3. The molecule has 5 rings (SSSR count). The second-order valence-corrected chi connectivity index (χ2v) is 8.46. The molecule has 0 saturated carbocycles. The van der Waals surface area contributed by atoms with Gasteiger partial charge in [-0.05, 0) is 35.9 Å². The Morgan fingerprint density at radius 1 is 1.16 bits per heavy atom. The molecule has 0 radical (unpaired) electrons. The van der Waals surface area contributed by atoms with E-state index in [9.17, 15) is 9.18 Å². The molecule has 31 heavy (non-hydrogen) atoms. The van der Waals surface area contributed by atoms with Crippen LogP contribution in [0, 0.1) is 0 Å². The molecule has 7 heteroatoms. The SMILES string of the molecule is Cn1cc(C2CN(CCF)C2)c2ccc(-n3ccc(-c4ccc(Cl)cn4)cc3=O)cc21. The van der Waals surface area contributed by atoms with Crippen molar-refractivity contribution in [3.05, 3.63) is 82.0 Å². The molecule has 1 aromatic carbocycles. The highest BCUT2D eigenvalue weighted by Crippen LogP contribution is 2.34. The Morgan fingerprint density at radius 2 is 2.00 bits per heavy atom. The van der Waals surface area contributed by atoms with Gasteiger partial charge in [-0.2, -0.15) is 0 Å². The van der Waals surface area contributed by atoms with Gasteiger partial charge in [-0.15, -0.1) is 0 Å². The van der Waals surface area contributed by atoms with Gasteiger partial charge in [0.15, 0.2) is 0 Å². The summed E-state index contributed by atoms with van der Waals surface area (Å²) >= 11 is 5.90. The molecule has 1 fully saturated rings. The van der Waals surface area contributed by atoms with Crippen LogP contribution in [0.2, 0.25) is 5.02 Å². The zero-order valence-corrected chi connectivity index (χ0v) is 17.9. The third kappa shape index (κ3) is 3.66. The molecular formula is C24H22ClFN4O. The van der Waals surface area contributed by atoms with Crippen molar-refractivity contribution in [2.24, 2.45) is 7.05 Å². The van der Waals surface area contributed by atoms with Crippen molar-refractivity contribution < 1.29 is 4.39 Å². The van der Waals surface area contributed by atoms with Gasteiger partial charge in [0.05, 0.1) is 21.9 Å². The number of nitrogens with zero attached hydrogens (tertiary/aromatic N) is 4. The van der Waals surface area contributed by atoms with Crippen molar-refractivity contribution >= 4 is 22.5 Å². The maximum atomic E-state index is 12.8. The molecule has 0 unspecified atom stereocenters. The Bertz CT molecular complexity index is 1310. The second kappa shape index (κ2) is 7.94. The van der Waals surface area contributed by atoms with E-state index < -0.39 is 0 Å². The predicted molar refractivity (Wildman–Crippen MR) is 122 cm³/mol. The maximum absolute atomic E-state index is 12.8. The van der Waals surface area contributed by atoms with Gasteiger partial charge < -0.3 is 4.57 Å². The molecule has 1 aliphatic rings. The molecule has 1 saturated heterocycles. The topological polar surface area (TPSA) is 43.1 Å². The highest BCUT2D eigenvalue weighted by molar-refractivity contribution is 6.30. The quantitative estimate of drug-likeness (QED) is 0.465. The van der Waals surface area contributed by atoms with Crippen molar-refractivity contribution in [1.29, 1.82) is 0 Å². The Morgan fingerprint density at radius 3 is 2.71 bits per heavy atom. The van der Waals surface area contributed by atoms with Crippen LogP contribution in [0.4, 0.5) is 4.39 Å². The number of benzene rings is 1. The van der Waals surface area contributed by atoms with E-state index in [1.807, 2.05) is 25.2 Å². The number of hydrogen-bond donors (Lipinski definition) is 0. The van der Waals surface area contributed by atoms with Crippen LogP contribution in [0.25, 0.3) is 27.8 Å². The van der Waals surface area contributed by atoms with E-state index in [0.29, 0.717) is 23.2 Å². The third-order valence-corrected chi connectivity index (χ3v) is 6.25. The minimum Gasteiger partial charge on any atom is -0.350 e. The summed E-state index contributed by atoms with van der Waals surface area (Å²) in [5.41, 5.74) is 4.52. The van der Waals surface area contributed by atoms with E-state index in [4.69, 9.17) is 11.6 Å². The van der Waals surface area contributed by atoms with E-state index in [1.165, 1.54) is 10.9 Å². The molecule has 3 aromatic heterocycles. The molecule has 4 aromatic rings. The largest absolute Gasteiger partial charge is 0.350 e. The number of halogens is 2. The Hall–Kier alpha value is -2.96. The number of fused-ring (bicyclic) bond motifs is 1. The van der Waals surface area contributed by atoms with Crippen molar-refractivity contribution in [2.45, 2.75) is 5.92 Å². The molecule has 0 aliphatic carbocycles. The predicted octanol–water partition coefficient (Wildman–Crippen LogP) is 4.41. The van der Waals surface area contributed by atoms with Gasteiger partial charge in [0.1, 0.15) is 6.67 Å². The van der Waals surface area contributed by atoms with Crippen LogP contribution in [0.5, 0.6) is 0 Å². The summed E-state index contributed by atoms with van der Waals surface area (Å²) in [6.45, 7) is 2.00. The van der Waals surface area contributed by atoms with E-state index in [1.54, 1.807) is 35.2 Å². The molecule has 4 heterocycles. The average molecular weight is 437 g/mol. The Balaban J connectivity index is 1.46. The molecule has 158 valence electrons. The number of alkyl halides is 1. The van der Waals surface area contributed by atoms with E-state index in [-0.39, 0.29) is 12.2 Å². The van der Waals surface area contributed by atoms with Gasteiger partial charge in [0.25, 0.3) is 5.56 Å². The summed E-state index contributed by atoms with van der Waals surface area (Å²) in [6.07, 6.45) is 5.51. The van der Waals surface area contributed by atoms with E-state index >= 15 is 0 Å². The lowest BCUT2D eigenvalue weighted by atomic mass is 9.91. The van der Waals surface area contributed by atoms with Crippen LogP contribution in [-0.2, 0) is 7.05 Å². The minimum absolute atomic E-state index is 0.121. The standard InChI is InChI=1S/C24H22ClFN4O/c1-28-15-21(17-13-29(14-17)9-7-26)20-4-3-19(11-23(20)28)30-8-6-16(10-24(30)31)22-5-2-18(25)12-27-22/h2-6,8,10-12,15,17H,7,9,13-14H2,1H3. The van der Waals surface area contributed by atoms with Crippen molar-refractivity contribution in [3.8, 4) is 16.9 Å². The summed E-state index contributed by atoms with van der Waals surface area (Å²) in [6, 6.07) is 13.1. The van der Waals surface area contributed by atoms with Crippen LogP contribution < -0.4 is 5.56 Å². The summed E-state index contributed by atoms with van der Waals surface area (Å²) in [5, 5.41) is 1.75. The number of hydrogen-bond acceptors (Lipinski definition) is 3. The number of likely N-dealkylation sites (tertiary alicyclic amines) is 1. The molecular weight excluding hydrogens is 415 g/mol. The first-order chi connectivity index (χ1) is 15.0. The molecule has 5 nitrogen and oxygen atoms in total. The summed E-state index contributed by atoms with van der Waals surface area (Å²) in [7, 11) is 2.02. The van der Waals surface area contributed by atoms with Gasteiger partial charge in [-0.3, -0.25) is 19.2 Å². The number of pyridine rings is 2. The van der Waals surface area contributed by atoms with Gasteiger partial charge in [0.2, 0.25) is 0 Å². The molecule has 0 spiro atoms. The Kier molecular flexibility index (Phi) is 5.12. The first kappa shape index (κ1) is 20.0. The fourth-order valence-electron chi connectivity index (χ4n) is 4.35. The third-order valence-electron chi connectivity index (χ3n) is 6.02. The van der Waals surface area contributed by atoms with Crippen molar-refractivity contribution in [3.63, 3.8) is 0 Å². The normalized spacial score (nSPS) is 14.8. The maximum Gasteiger partial charge on any atom is 0.255 e. The zero-order valence-electron chi connectivity index (χ0n) is 17.1. The minimum atomic E-state index is -0.298.